The fraction of sp³-hybridized carbons (Fsp3) is 0. The van der Waals surface area contributed by atoms with E-state index in [9.17, 15) is 23.1 Å². The molecular formula is C20H10F3N3O2. The second-order valence-electron chi connectivity index (χ2n) is 5.91. The molecule has 2 heterocycles. The molecule has 0 unspecified atom stereocenters. The predicted molar refractivity (Wildman–Crippen MR) is 94.2 cm³/mol. The molecule has 138 valence electrons. The van der Waals surface area contributed by atoms with Crippen molar-refractivity contribution in [2.75, 3.05) is 0 Å². The number of halogens is 3. The van der Waals surface area contributed by atoms with E-state index in [-0.39, 0.29) is 11.6 Å². The van der Waals surface area contributed by atoms with E-state index in [1.165, 1.54) is 24.4 Å². The van der Waals surface area contributed by atoms with Gasteiger partial charge in [-0.15, -0.1) is 0 Å². The molecule has 0 fully saturated rings. The molecular weight excluding hydrogens is 371 g/mol. The minimum atomic E-state index is -1.67. The first-order valence-electron chi connectivity index (χ1n) is 8.04. The van der Waals surface area contributed by atoms with E-state index >= 15 is 0 Å². The molecule has 0 spiro atoms. The molecule has 2 aromatic heterocycles. The molecule has 0 bridgehead atoms. The molecule has 1 N–H and O–H groups in total. The Hall–Kier alpha value is -3.81. The van der Waals surface area contributed by atoms with Crippen molar-refractivity contribution in [3.63, 3.8) is 0 Å². The Bertz CT molecular complexity index is 1200. The van der Waals surface area contributed by atoms with Gasteiger partial charge in [0.25, 0.3) is 0 Å². The van der Waals surface area contributed by atoms with Crippen LogP contribution >= 0.6 is 0 Å². The van der Waals surface area contributed by atoms with E-state index in [0.717, 1.165) is 0 Å². The molecule has 0 radical (unpaired) electrons. The first kappa shape index (κ1) is 17.6. The summed E-state index contributed by atoms with van der Waals surface area (Å²) >= 11 is 0. The summed E-state index contributed by atoms with van der Waals surface area (Å²) in [6, 6.07) is 7.82. The molecule has 0 saturated carbocycles. The fourth-order valence-corrected chi connectivity index (χ4v) is 2.74. The lowest BCUT2D eigenvalue weighted by Crippen LogP contribution is -2.10. The summed E-state index contributed by atoms with van der Waals surface area (Å²) in [5, 5.41) is 9.37. The second kappa shape index (κ2) is 6.73. The van der Waals surface area contributed by atoms with Crippen molar-refractivity contribution in [3.8, 4) is 17.0 Å². The van der Waals surface area contributed by atoms with Crippen LogP contribution in [0.3, 0.4) is 0 Å². The van der Waals surface area contributed by atoms with Crippen molar-refractivity contribution in [1.82, 2.24) is 15.0 Å². The largest absolute Gasteiger partial charge is 0.505 e. The quantitative estimate of drug-likeness (QED) is 0.428. The van der Waals surface area contributed by atoms with Crippen LogP contribution in [0.2, 0.25) is 0 Å². The normalized spacial score (nSPS) is 11.0. The first-order valence-corrected chi connectivity index (χ1v) is 8.04. The van der Waals surface area contributed by atoms with Crippen LogP contribution in [0.4, 0.5) is 13.2 Å². The number of fused-ring (bicyclic) bond motifs is 1. The Morgan fingerprint density at radius 3 is 2.54 bits per heavy atom. The van der Waals surface area contributed by atoms with Gasteiger partial charge in [-0.2, -0.15) is 0 Å². The highest BCUT2D eigenvalue weighted by Gasteiger charge is 2.25. The lowest BCUT2D eigenvalue weighted by Gasteiger charge is -2.08. The third-order valence-electron chi connectivity index (χ3n) is 4.13. The molecule has 4 aromatic rings. The zero-order chi connectivity index (χ0) is 19.8. The maximum atomic E-state index is 14.1. The highest BCUT2D eigenvalue weighted by atomic mass is 19.2. The van der Waals surface area contributed by atoms with Gasteiger partial charge in [0.1, 0.15) is 5.56 Å². The molecule has 5 nitrogen and oxygen atoms in total. The monoisotopic (exact) mass is 381 g/mol. The van der Waals surface area contributed by atoms with Gasteiger partial charge < -0.3 is 5.11 Å². The van der Waals surface area contributed by atoms with Gasteiger partial charge >= 0.3 is 0 Å². The zero-order valence-corrected chi connectivity index (χ0v) is 14.0. The number of benzene rings is 2. The van der Waals surface area contributed by atoms with Gasteiger partial charge in [-0.05, 0) is 30.3 Å². The van der Waals surface area contributed by atoms with Crippen LogP contribution < -0.4 is 0 Å². The van der Waals surface area contributed by atoms with Crippen LogP contribution in [-0.4, -0.2) is 25.8 Å². The highest BCUT2D eigenvalue weighted by Crippen LogP contribution is 2.28. The van der Waals surface area contributed by atoms with E-state index in [0.29, 0.717) is 22.3 Å². The third-order valence-corrected chi connectivity index (χ3v) is 4.13. The van der Waals surface area contributed by atoms with Gasteiger partial charge in [-0.25, -0.2) is 18.2 Å². The molecule has 0 atom stereocenters. The third kappa shape index (κ3) is 2.94. The minimum absolute atomic E-state index is 0.132. The van der Waals surface area contributed by atoms with Crippen LogP contribution in [0.25, 0.3) is 22.3 Å². The summed E-state index contributed by atoms with van der Waals surface area (Å²) in [5.41, 5.74) is 0.633. The van der Waals surface area contributed by atoms with E-state index in [2.05, 4.69) is 15.0 Å². The lowest BCUT2D eigenvalue weighted by molar-refractivity contribution is 0.102. The number of pyridine rings is 1. The van der Waals surface area contributed by atoms with Gasteiger partial charge in [0.05, 0.1) is 22.9 Å². The Labute approximate surface area is 156 Å². The number of hydrogen-bond donors (Lipinski definition) is 1. The molecule has 0 aliphatic heterocycles. The van der Waals surface area contributed by atoms with Crippen molar-refractivity contribution >= 4 is 16.8 Å². The Morgan fingerprint density at radius 1 is 0.964 bits per heavy atom. The van der Waals surface area contributed by atoms with Crippen molar-refractivity contribution in [2.45, 2.75) is 0 Å². The zero-order valence-electron chi connectivity index (χ0n) is 14.0. The number of rotatable bonds is 3. The Morgan fingerprint density at radius 2 is 1.79 bits per heavy atom. The Balaban J connectivity index is 1.83. The second-order valence-corrected chi connectivity index (χ2v) is 5.91. The molecule has 0 saturated heterocycles. The van der Waals surface area contributed by atoms with Crippen LogP contribution in [0.15, 0.2) is 55.0 Å². The van der Waals surface area contributed by atoms with Gasteiger partial charge in [0.15, 0.2) is 29.0 Å². The number of phenols is 1. The van der Waals surface area contributed by atoms with E-state index < -0.39 is 34.5 Å². The van der Waals surface area contributed by atoms with Crippen LogP contribution in [0.5, 0.6) is 5.75 Å². The molecule has 2 aromatic carbocycles. The maximum Gasteiger partial charge on any atom is 0.199 e. The van der Waals surface area contributed by atoms with Crippen LogP contribution in [0.1, 0.15) is 15.9 Å². The molecule has 28 heavy (non-hydrogen) atoms. The van der Waals surface area contributed by atoms with E-state index in [4.69, 9.17) is 0 Å². The summed E-state index contributed by atoms with van der Waals surface area (Å²) < 4.78 is 41.6. The molecule has 0 amide bonds. The average Bonchev–Trinajstić information content (AvgIpc) is 2.72. The number of ketones is 1. The number of carbonyl (C=O) groups excluding carboxylic acids is 1. The number of hydrogen-bond acceptors (Lipinski definition) is 5. The maximum absolute atomic E-state index is 14.1. The lowest BCUT2D eigenvalue weighted by atomic mass is 10.0. The van der Waals surface area contributed by atoms with E-state index in [1.807, 2.05) is 0 Å². The summed E-state index contributed by atoms with van der Waals surface area (Å²) in [6.45, 7) is 0. The minimum Gasteiger partial charge on any atom is -0.505 e. The number of aromatic hydroxyl groups is 1. The highest BCUT2D eigenvalue weighted by molar-refractivity contribution is 6.10. The summed E-state index contributed by atoms with van der Waals surface area (Å²) in [7, 11) is 0. The molecule has 4 rings (SSSR count). The van der Waals surface area contributed by atoms with Gasteiger partial charge in [-0.3, -0.25) is 14.8 Å². The predicted octanol–water partition coefficient (Wildman–Crippen LogP) is 4.05. The van der Waals surface area contributed by atoms with Gasteiger partial charge in [-0.1, -0.05) is 0 Å². The number of nitrogens with zero attached hydrogens (tertiary/aromatic N) is 3. The number of phenolic OH excluding ortho intramolecular Hbond substituents is 1. The number of aromatic nitrogens is 3. The van der Waals surface area contributed by atoms with Crippen LogP contribution in [0, 0.1) is 17.5 Å². The topological polar surface area (TPSA) is 76.0 Å². The van der Waals surface area contributed by atoms with Gasteiger partial charge in [0.2, 0.25) is 0 Å². The SMILES string of the molecule is O=C(c1ccc2ncc(-c3cccnc3)nc2c1)c1c(F)c(O)cc(F)c1F. The summed E-state index contributed by atoms with van der Waals surface area (Å²) in [6.07, 6.45) is 4.72. The summed E-state index contributed by atoms with van der Waals surface area (Å²) in [5.74, 6) is -7.00. The molecule has 8 heteroatoms. The van der Waals surface area contributed by atoms with Crippen molar-refractivity contribution in [3.05, 3.63) is 83.6 Å². The number of carbonyl (C=O) groups is 1. The average molecular weight is 381 g/mol. The summed E-state index contributed by atoms with van der Waals surface area (Å²) in [4.78, 5) is 25.2. The van der Waals surface area contributed by atoms with Crippen molar-refractivity contribution in [1.29, 1.82) is 0 Å². The smallest absolute Gasteiger partial charge is 0.199 e. The van der Waals surface area contributed by atoms with Crippen LogP contribution in [-0.2, 0) is 0 Å². The van der Waals surface area contributed by atoms with Gasteiger partial charge in [0, 0.05) is 29.6 Å². The van der Waals surface area contributed by atoms with E-state index in [1.54, 1.807) is 24.5 Å². The molecule has 0 aliphatic rings. The molecule has 0 aliphatic carbocycles. The standard InChI is InChI=1S/C20H10F3N3O2/c21-12-7-16(27)19(23)17(18(12)22)20(28)10-3-4-13-14(6-10)26-15(9-25-13)11-2-1-5-24-8-11/h1-9,27H. The van der Waals surface area contributed by atoms with Crippen molar-refractivity contribution < 1.29 is 23.1 Å². The Kier molecular flexibility index (Phi) is 4.23. The fourth-order valence-electron chi connectivity index (χ4n) is 2.74. The van der Waals surface area contributed by atoms with Crippen molar-refractivity contribution in [2.24, 2.45) is 0 Å². The first-order chi connectivity index (χ1) is 13.5.